The van der Waals surface area contributed by atoms with Gasteiger partial charge in [-0.1, -0.05) is 6.07 Å². The van der Waals surface area contributed by atoms with Crippen LogP contribution in [0.15, 0.2) is 51.8 Å². The summed E-state index contributed by atoms with van der Waals surface area (Å²) in [6.07, 6.45) is 3.26. The first-order valence-electron chi connectivity index (χ1n) is 5.87. The predicted molar refractivity (Wildman–Crippen MR) is 78.1 cm³/mol. The molecule has 0 spiro atoms. The van der Waals surface area contributed by atoms with Gasteiger partial charge in [0.15, 0.2) is 12.0 Å². The first-order valence-corrected chi connectivity index (χ1v) is 6.66. The number of nitrogens with zero attached hydrogens (tertiary/aromatic N) is 3. The van der Waals surface area contributed by atoms with Gasteiger partial charge in [0, 0.05) is 24.3 Å². The van der Waals surface area contributed by atoms with E-state index in [2.05, 4.69) is 36.9 Å². The van der Waals surface area contributed by atoms with E-state index in [-0.39, 0.29) is 0 Å². The Morgan fingerprint density at radius 2 is 2.11 bits per heavy atom. The van der Waals surface area contributed by atoms with E-state index in [0.717, 1.165) is 33.5 Å². The van der Waals surface area contributed by atoms with Crippen LogP contribution < -0.4 is 4.90 Å². The van der Waals surface area contributed by atoms with E-state index < -0.39 is 0 Å². The topological polar surface area (TPSA) is 42.2 Å². The molecule has 19 heavy (non-hydrogen) atoms. The van der Waals surface area contributed by atoms with Gasteiger partial charge in [-0.3, -0.25) is 0 Å². The van der Waals surface area contributed by atoms with Gasteiger partial charge >= 0.3 is 0 Å². The Labute approximate surface area is 119 Å². The summed E-state index contributed by atoms with van der Waals surface area (Å²) in [5, 5.41) is 0. The van der Waals surface area contributed by atoms with E-state index in [1.807, 2.05) is 31.3 Å². The fourth-order valence-corrected chi connectivity index (χ4v) is 2.18. The van der Waals surface area contributed by atoms with Crippen LogP contribution in [0.5, 0.6) is 0 Å². The second-order valence-corrected chi connectivity index (χ2v) is 5.26. The van der Waals surface area contributed by atoms with Crippen molar-refractivity contribution in [1.29, 1.82) is 0 Å². The molecule has 0 unspecified atom stereocenters. The summed E-state index contributed by atoms with van der Waals surface area (Å²) in [6.45, 7) is 0.769. The zero-order chi connectivity index (χ0) is 13.2. The lowest BCUT2D eigenvalue weighted by molar-refractivity contribution is 0.601. The van der Waals surface area contributed by atoms with Crippen molar-refractivity contribution in [3.8, 4) is 0 Å². The van der Waals surface area contributed by atoms with Crippen molar-refractivity contribution in [2.45, 2.75) is 6.54 Å². The molecule has 2 heterocycles. The lowest BCUT2D eigenvalue weighted by atomic mass is 10.2. The Hall–Kier alpha value is -1.88. The van der Waals surface area contributed by atoms with Crippen LogP contribution in [0, 0.1) is 0 Å². The van der Waals surface area contributed by atoms with E-state index in [0.29, 0.717) is 0 Å². The highest BCUT2D eigenvalue weighted by Crippen LogP contribution is 2.18. The van der Waals surface area contributed by atoms with Gasteiger partial charge in [-0.2, -0.15) is 0 Å². The van der Waals surface area contributed by atoms with Gasteiger partial charge in [-0.25, -0.2) is 9.97 Å². The Balaban J connectivity index is 1.81. The maximum Gasteiger partial charge on any atom is 0.181 e. The number of halogens is 1. The second-order valence-electron chi connectivity index (χ2n) is 4.35. The number of hydrogen-bond acceptors (Lipinski definition) is 4. The summed E-state index contributed by atoms with van der Waals surface area (Å²) in [7, 11) is 2.01. The van der Waals surface area contributed by atoms with Crippen LogP contribution in [0.1, 0.15) is 5.56 Å². The maximum atomic E-state index is 5.31. The fraction of sp³-hybridized carbons (Fsp3) is 0.143. The van der Waals surface area contributed by atoms with Crippen LogP contribution in [-0.2, 0) is 6.54 Å². The largest absolute Gasteiger partial charge is 0.443 e. The second kappa shape index (κ2) is 5.01. The maximum absolute atomic E-state index is 5.31. The van der Waals surface area contributed by atoms with Gasteiger partial charge in [-0.05, 0) is 45.8 Å². The minimum atomic E-state index is 0.769. The number of benzene rings is 1. The zero-order valence-corrected chi connectivity index (χ0v) is 12.0. The lowest BCUT2D eigenvalue weighted by Gasteiger charge is -2.18. The minimum Gasteiger partial charge on any atom is -0.443 e. The fourth-order valence-electron chi connectivity index (χ4n) is 1.95. The molecule has 3 aromatic rings. The quantitative estimate of drug-likeness (QED) is 0.740. The van der Waals surface area contributed by atoms with Gasteiger partial charge in [0.2, 0.25) is 0 Å². The summed E-state index contributed by atoms with van der Waals surface area (Å²) < 4.78 is 6.29. The molecule has 0 radical (unpaired) electrons. The van der Waals surface area contributed by atoms with E-state index in [4.69, 9.17) is 4.42 Å². The summed E-state index contributed by atoms with van der Waals surface area (Å²) in [6, 6.07) is 10.0. The minimum absolute atomic E-state index is 0.769. The zero-order valence-electron chi connectivity index (χ0n) is 10.4. The standard InChI is InChI=1S/C14H12BrN3O/c1-18(14-5-3-11(15)7-16-14)8-10-2-4-12-13(6-10)19-9-17-12/h2-7,9H,8H2,1H3. The summed E-state index contributed by atoms with van der Waals surface area (Å²) in [4.78, 5) is 10.6. The van der Waals surface area contributed by atoms with Crippen molar-refractivity contribution >= 4 is 32.8 Å². The first-order chi connectivity index (χ1) is 9.22. The molecular weight excluding hydrogens is 306 g/mol. The molecule has 96 valence electrons. The van der Waals surface area contributed by atoms with Crippen molar-refractivity contribution in [2.24, 2.45) is 0 Å². The molecule has 0 saturated heterocycles. The van der Waals surface area contributed by atoms with Crippen LogP contribution in [0.3, 0.4) is 0 Å². The van der Waals surface area contributed by atoms with Gasteiger partial charge in [0.1, 0.15) is 11.3 Å². The van der Waals surface area contributed by atoms with Crippen LogP contribution in [0.4, 0.5) is 5.82 Å². The molecule has 0 bridgehead atoms. The number of pyridine rings is 1. The molecule has 0 fully saturated rings. The van der Waals surface area contributed by atoms with Crippen molar-refractivity contribution in [2.75, 3.05) is 11.9 Å². The number of hydrogen-bond donors (Lipinski definition) is 0. The van der Waals surface area contributed by atoms with E-state index in [9.17, 15) is 0 Å². The average Bonchev–Trinajstić information content (AvgIpc) is 2.87. The smallest absolute Gasteiger partial charge is 0.181 e. The van der Waals surface area contributed by atoms with Crippen LogP contribution >= 0.6 is 15.9 Å². The Bertz CT molecular complexity index is 693. The highest BCUT2D eigenvalue weighted by Gasteiger charge is 2.05. The van der Waals surface area contributed by atoms with E-state index in [1.54, 1.807) is 6.20 Å². The Morgan fingerprint density at radius 3 is 2.89 bits per heavy atom. The lowest BCUT2D eigenvalue weighted by Crippen LogP contribution is -2.17. The highest BCUT2D eigenvalue weighted by atomic mass is 79.9. The normalized spacial score (nSPS) is 10.8. The third kappa shape index (κ3) is 2.61. The number of aromatic nitrogens is 2. The van der Waals surface area contributed by atoms with Gasteiger partial charge in [-0.15, -0.1) is 0 Å². The van der Waals surface area contributed by atoms with Crippen LogP contribution in [-0.4, -0.2) is 17.0 Å². The monoisotopic (exact) mass is 317 g/mol. The van der Waals surface area contributed by atoms with Crippen molar-refractivity contribution < 1.29 is 4.42 Å². The first kappa shape index (κ1) is 12.2. The molecule has 4 nitrogen and oxygen atoms in total. The SMILES string of the molecule is CN(Cc1ccc2ncoc2c1)c1ccc(Br)cn1. The molecule has 0 amide bonds. The Kier molecular flexibility index (Phi) is 3.21. The summed E-state index contributed by atoms with van der Waals surface area (Å²) in [5.74, 6) is 0.931. The van der Waals surface area contributed by atoms with Crippen molar-refractivity contribution in [1.82, 2.24) is 9.97 Å². The number of anilines is 1. The molecule has 0 aliphatic rings. The number of rotatable bonds is 3. The van der Waals surface area contributed by atoms with Crippen molar-refractivity contribution in [3.05, 3.63) is 53.0 Å². The van der Waals surface area contributed by atoms with Gasteiger partial charge in [0.25, 0.3) is 0 Å². The molecule has 5 heteroatoms. The molecule has 0 atom stereocenters. The number of oxazole rings is 1. The molecular formula is C14H12BrN3O. The third-order valence-corrected chi connectivity index (χ3v) is 3.39. The third-order valence-electron chi connectivity index (χ3n) is 2.92. The molecule has 3 rings (SSSR count). The summed E-state index contributed by atoms with van der Waals surface area (Å²) in [5.41, 5.74) is 2.86. The van der Waals surface area contributed by atoms with Crippen LogP contribution in [0.25, 0.3) is 11.1 Å². The van der Waals surface area contributed by atoms with E-state index in [1.165, 1.54) is 6.39 Å². The average molecular weight is 318 g/mol. The molecule has 1 aromatic carbocycles. The highest BCUT2D eigenvalue weighted by molar-refractivity contribution is 9.10. The van der Waals surface area contributed by atoms with Gasteiger partial charge < -0.3 is 9.32 Å². The van der Waals surface area contributed by atoms with Gasteiger partial charge in [0.05, 0.1) is 0 Å². The van der Waals surface area contributed by atoms with E-state index >= 15 is 0 Å². The molecule has 0 saturated carbocycles. The number of fused-ring (bicyclic) bond motifs is 1. The van der Waals surface area contributed by atoms with Crippen LogP contribution in [0.2, 0.25) is 0 Å². The summed E-state index contributed by atoms with van der Waals surface area (Å²) >= 11 is 3.38. The molecule has 2 aromatic heterocycles. The molecule has 0 N–H and O–H groups in total. The molecule has 0 aliphatic carbocycles. The molecule has 0 aliphatic heterocycles. The Morgan fingerprint density at radius 1 is 1.21 bits per heavy atom. The van der Waals surface area contributed by atoms with Crippen molar-refractivity contribution in [3.63, 3.8) is 0 Å². The predicted octanol–water partition coefficient (Wildman–Crippen LogP) is 3.62.